The van der Waals surface area contributed by atoms with Gasteiger partial charge in [-0.25, -0.2) is 28.8 Å². The van der Waals surface area contributed by atoms with E-state index in [-0.39, 0.29) is 48.1 Å². The van der Waals surface area contributed by atoms with Gasteiger partial charge in [-0.3, -0.25) is 9.59 Å². The Labute approximate surface area is 262 Å². The van der Waals surface area contributed by atoms with Gasteiger partial charge >= 0.3 is 5.97 Å². The van der Waals surface area contributed by atoms with Crippen LogP contribution in [-0.2, 0) is 32.8 Å². The molecule has 0 spiro atoms. The number of nitrogen functional groups attached to an aromatic ring is 1. The van der Waals surface area contributed by atoms with E-state index in [4.69, 9.17) is 10.8 Å². The van der Waals surface area contributed by atoms with Gasteiger partial charge in [0, 0.05) is 18.2 Å². The van der Waals surface area contributed by atoms with Gasteiger partial charge in [0.15, 0.2) is 11.5 Å². The average Bonchev–Trinajstić information content (AvgIpc) is 3.54. The first kappa shape index (κ1) is 30.3. The molecule has 0 saturated carbocycles. The minimum atomic E-state index is -1.20. The van der Waals surface area contributed by atoms with Gasteiger partial charge in [-0.05, 0) is 49.1 Å². The topological polar surface area (TPSA) is 178 Å². The zero-order valence-corrected chi connectivity index (χ0v) is 25.1. The molecule has 1 unspecified atom stereocenters. The lowest BCUT2D eigenvalue weighted by atomic mass is 9.77. The third kappa shape index (κ3) is 5.40. The lowest BCUT2D eigenvalue weighted by Gasteiger charge is -2.23. The molecule has 12 nitrogen and oxygen atoms in total. The Balaban J connectivity index is 1.28. The summed E-state index contributed by atoms with van der Waals surface area (Å²) in [6, 6.07) is 16.3. The fraction of sp³-hybridized carbons (Fsp3) is 0.242. The van der Waals surface area contributed by atoms with Crippen LogP contribution >= 0.6 is 0 Å². The number of nitrogens with two attached hydrogens (primary N) is 1. The van der Waals surface area contributed by atoms with Crippen molar-refractivity contribution in [2.45, 2.75) is 51.1 Å². The first-order valence-corrected chi connectivity index (χ1v) is 14.8. The van der Waals surface area contributed by atoms with Gasteiger partial charge in [0.2, 0.25) is 11.8 Å². The monoisotopic (exact) mass is 622 g/mol. The van der Waals surface area contributed by atoms with Crippen molar-refractivity contribution in [2.75, 3.05) is 11.1 Å². The molecule has 1 aliphatic heterocycles. The van der Waals surface area contributed by atoms with E-state index in [1.807, 2.05) is 18.2 Å². The molecule has 0 saturated heterocycles. The van der Waals surface area contributed by atoms with Gasteiger partial charge in [0.25, 0.3) is 0 Å². The van der Waals surface area contributed by atoms with Gasteiger partial charge in [-0.1, -0.05) is 49.4 Å². The molecule has 2 atom stereocenters. The summed E-state index contributed by atoms with van der Waals surface area (Å²) in [5.74, 6) is -1.55. The van der Waals surface area contributed by atoms with Crippen LogP contribution in [0.25, 0.3) is 22.6 Å². The van der Waals surface area contributed by atoms with E-state index in [1.165, 1.54) is 6.07 Å². The number of carboxylic acid groups (broad SMARTS) is 1. The SMILES string of the molecule is CC[C@@H](NC(=O)CCc1ccc(C2(C)C(=O)Nc3nc(-c4nn(Cc5ccccc5F)c5ncccc45)nc(N)c32)cc1)C(=O)O. The highest BCUT2D eigenvalue weighted by atomic mass is 19.1. The second kappa shape index (κ2) is 12.0. The number of nitrogens with zero attached hydrogens (tertiary/aromatic N) is 5. The number of carboxylic acids is 1. The first-order chi connectivity index (χ1) is 22.1. The molecule has 13 heteroatoms. The first-order valence-electron chi connectivity index (χ1n) is 14.8. The summed E-state index contributed by atoms with van der Waals surface area (Å²) in [7, 11) is 0. The third-order valence-corrected chi connectivity index (χ3v) is 8.33. The Morgan fingerprint density at radius 2 is 1.87 bits per heavy atom. The predicted octanol–water partition coefficient (Wildman–Crippen LogP) is 3.83. The number of anilines is 2. The number of aromatic nitrogens is 5. The second-order valence-electron chi connectivity index (χ2n) is 11.3. The average molecular weight is 623 g/mol. The summed E-state index contributed by atoms with van der Waals surface area (Å²) in [6.07, 6.45) is 2.42. The van der Waals surface area contributed by atoms with Crippen LogP contribution in [0.15, 0.2) is 66.9 Å². The molecular formula is C33H31FN8O4. The molecule has 0 aliphatic carbocycles. The van der Waals surface area contributed by atoms with Crippen molar-refractivity contribution < 1.29 is 23.9 Å². The Kier molecular flexibility index (Phi) is 7.90. The molecule has 2 amide bonds. The number of halogens is 1. The van der Waals surface area contributed by atoms with Crippen molar-refractivity contribution in [1.29, 1.82) is 0 Å². The van der Waals surface area contributed by atoms with Crippen LogP contribution in [0.2, 0.25) is 0 Å². The van der Waals surface area contributed by atoms with Crippen LogP contribution in [-0.4, -0.2) is 53.7 Å². The molecule has 0 fully saturated rings. The Bertz CT molecular complexity index is 1990. The predicted molar refractivity (Wildman–Crippen MR) is 168 cm³/mol. The van der Waals surface area contributed by atoms with Crippen LogP contribution in [0.1, 0.15) is 48.9 Å². The number of aliphatic carboxylic acids is 1. The number of aryl methyl sites for hydroxylation is 1. The number of carbonyl (C=O) groups is 3. The number of rotatable bonds is 10. The second-order valence-corrected chi connectivity index (χ2v) is 11.3. The standard InChI is InChI=1S/C33H31FN8O4/c1-3-23(31(44)45)37-24(43)15-12-18-10-13-20(14-11-18)33(2)25-27(35)38-29(39-28(25)40-32(33)46)26-21-8-6-16-36-30(21)42(41-26)17-19-7-4-5-9-22(19)34/h4-11,13-14,16,23H,3,12,15,17H2,1-2H3,(H,37,43)(H,44,45)(H3,35,38,39,40,46)/t23-,33?/m1/s1. The van der Waals surface area contributed by atoms with Crippen molar-refractivity contribution in [3.63, 3.8) is 0 Å². The number of hydrogen-bond donors (Lipinski definition) is 4. The fourth-order valence-electron chi connectivity index (χ4n) is 5.73. The Hall–Kier alpha value is -5.72. The molecule has 5 N–H and O–H groups in total. The summed E-state index contributed by atoms with van der Waals surface area (Å²) >= 11 is 0. The van der Waals surface area contributed by atoms with Gasteiger partial charge < -0.3 is 21.5 Å². The fourth-order valence-corrected chi connectivity index (χ4v) is 5.73. The smallest absolute Gasteiger partial charge is 0.326 e. The maximum atomic E-state index is 14.5. The third-order valence-electron chi connectivity index (χ3n) is 8.33. The van der Waals surface area contributed by atoms with E-state index < -0.39 is 17.4 Å². The highest BCUT2D eigenvalue weighted by molar-refractivity contribution is 6.09. The summed E-state index contributed by atoms with van der Waals surface area (Å²) in [4.78, 5) is 50.6. The van der Waals surface area contributed by atoms with Gasteiger partial charge in [-0.15, -0.1) is 0 Å². The molecule has 4 heterocycles. The zero-order chi connectivity index (χ0) is 32.6. The van der Waals surface area contributed by atoms with Crippen molar-refractivity contribution in [3.8, 4) is 11.5 Å². The van der Waals surface area contributed by atoms with Crippen LogP contribution in [0.3, 0.4) is 0 Å². The molecule has 0 bridgehead atoms. The summed E-state index contributed by atoms with van der Waals surface area (Å²) < 4.78 is 16.0. The summed E-state index contributed by atoms with van der Waals surface area (Å²) in [5, 5.41) is 19.9. The quantitative estimate of drug-likeness (QED) is 0.180. The molecule has 2 aromatic carbocycles. The minimum Gasteiger partial charge on any atom is -0.480 e. The molecular weight excluding hydrogens is 591 g/mol. The highest BCUT2D eigenvalue weighted by Crippen LogP contribution is 2.45. The summed E-state index contributed by atoms with van der Waals surface area (Å²) in [6.45, 7) is 3.57. The van der Waals surface area contributed by atoms with Gasteiger partial charge in [0.1, 0.15) is 34.6 Å². The molecule has 0 radical (unpaired) electrons. The molecule has 3 aromatic heterocycles. The van der Waals surface area contributed by atoms with Crippen LogP contribution in [0, 0.1) is 5.82 Å². The van der Waals surface area contributed by atoms with E-state index in [9.17, 15) is 18.8 Å². The molecule has 46 heavy (non-hydrogen) atoms. The number of nitrogens with one attached hydrogen (secondary N) is 2. The van der Waals surface area contributed by atoms with Crippen molar-refractivity contribution in [2.24, 2.45) is 0 Å². The van der Waals surface area contributed by atoms with Gasteiger partial charge in [-0.2, -0.15) is 5.10 Å². The van der Waals surface area contributed by atoms with Crippen LogP contribution in [0.5, 0.6) is 0 Å². The van der Waals surface area contributed by atoms with E-state index in [0.29, 0.717) is 46.3 Å². The maximum absolute atomic E-state index is 14.5. The van der Waals surface area contributed by atoms with Crippen molar-refractivity contribution in [3.05, 3.63) is 94.9 Å². The number of hydrogen-bond acceptors (Lipinski definition) is 8. The van der Waals surface area contributed by atoms with Crippen molar-refractivity contribution in [1.82, 2.24) is 30.0 Å². The number of fused-ring (bicyclic) bond motifs is 2. The summed E-state index contributed by atoms with van der Waals surface area (Å²) in [5.41, 5.74) is 8.61. The lowest BCUT2D eigenvalue weighted by molar-refractivity contribution is -0.141. The highest BCUT2D eigenvalue weighted by Gasteiger charge is 2.47. The lowest BCUT2D eigenvalue weighted by Crippen LogP contribution is -2.40. The molecule has 1 aliphatic rings. The minimum absolute atomic E-state index is 0.103. The largest absolute Gasteiger partial charge is 0.480 e. The normalized spacial score (nSPS) is 16.2. The zero-order valence-electron chi connectivity index (χ0n) is 25.1. The van der Waals surface area contributed by atoms with E-state index in [1.54, 1.807) is 61.1 Å². The molecule has 5 aromatic rings. The van der Waals surface area contributed by atoms with Gasteiger partial charge in [0.05, 0.1) is 17.5 Å². The van der Waals surface area contributed by atoms with E-state index >= 15 is 0 Å². The maximum Gasteiger partial charge on any atom is 0.326 e. The van der Waals surface area contributed by atoms with E-state index in [0.717, 1.165) is 5.56 Å². The van der Waals surface area contributed by atoms with Crippen LogP contribution < -0.4 is 16.4 Å². The Morgan fingerprint density at radius 3 is 2.59 bits per heavy atom. The van der Waals surface area contributed by atoms with Crippen LogP contribution in [0.4, 0.5) is 16.0 Å². The van der Waals surface area contributed by atoms with Crippen molar-refractivity contribution >= 4 is 40.5 Å². The molecule has 6 rings (SSSR count). The van der Waals surface area contributed by atoms with E-state index in [2.05, 4.69) is 30.7 Å². The number of pyridine rings is 1. The Morgan fingerprint density at radius 1 is 1.11 bits per heavy atom. The number of carbonyl (C=O) groups excluding carboxylic acids is 2. The molecule has 234 valence electrons. The number of benzene rings is 2. The number of amides is 2.